The van der Waals surface area contributed by atoms with Crippen LogP contribution in [0.3, 0.4) is 0 Å². The van der Waals surface area contributed by atoms with E-state index in [4.69, 9.17) is 14.2 Å². The molecule has 1 amide bonds. The molecule has 0 saturated carbocycles. The highest BCUT2D eigenvalue weighted by Crippen LogP contribution is 2.44. The van der Waals surface area contributed by atoms with Crippen LogP contribution in [-0.4, -0.2) is 42.6 Å². The Morgan fingerprint density at radius 2 is 1.91 bits per heavy atom. The van der Waals surface area contributed by atoms with Gasteiger partial charge in [-0.25, -0.2) is 4.98 Å². The fourth-order valence-corrected chi connectivity index (χ4v) is 4.59. The van der Waals surface area contributed by atoms with Crippen molar-refractivity contribution in [2.75, 3.05) is 25.7 Å². The number of rotatable bonds is 9. The summed E-state index contributed by atoms with van der Waals surface area (Å²) in [6, 6.07) is 11.1. The van der Waals surface area contributed by atoms with Crippen molar-refractivity contribution in [3.63, 3.8) is 0 Å². The SMILES string of the molecule is CCCCOc1cccc(/C(O)=C2\C(=O)C(=O)N(c3nccs3)C2c2ccc(OC)c(OC)c2)c1. The molecular weight excluding hydrogens is 468 g/mol. The van der Waals surface area contributed by atoms with Crippen molar-refractivity contribution in [1.82, 2.24) is 4.98 Å². The molecule has 0 spiro atoms. The van der Waals surface area contributed by atoms with Crippen LogP contribution in [0, 0.1) is 0 Å². The molecule has 2 aromatic carbocycles. The first-order valence-corrected chi connectivity index (χ1v) is 12.0. The van der Waals surface area contributed by atoms with Gasteiger partial charge in [-0.05, 0) is 36.2 Å². The summed E-state index contributed by atoms with van der Waals surface area (Å²) in [4.78, 5) is 32.0. The number of hydrogen-bond donors (Lipinski definition) is 1. The third-order valence-corrected chi connectivity index (χ3v) is 6.44. The number of aromatic nitrogens is 1. The first-order valence-electron chi connectivity index (χ1n) is 11.2. The number of aliphatic hydroxyl groups is 1. The van der Waals surface area contributed by atoms with Crippen LogP contribution < -0.4 is 19.1 Å². The lowest BCUT2D eigenvalue weighted by Crippen LogP contribution is -2.29. The molecule has 9 heteroatoms. The molecule has 0 radical (unpaired) electrons. The van der Waals surface area contributed by atoms with Crippen LogP contribution >= 0.6 is 11.3 Å². The van der Waals surface area contributed by atoms with Crippen LogP contribution in [0.25, 0.3) is 5.76 Å². The zero-order chi connectivity index (χ0) is 24.9. The Labute approximate surface area is 207 Å². The van der Waals surface area contributed by atoms with E-state index in [0.717, 1.165) is 12.8 Å². The number of carbonyl (C=O) groups is 2. The molecule has 1 N–H and O–H groups in total. The van der Waals surface area contributed by atoms with E-state index in [2.05, 4.69) is 11.9 Å². The summed E-state index contributed by atoms with van der Waals surface area (Å²) in [5.41, 5.74) is 0.902. The molecular formula is C26H26N2O6S. The fraction of sp³-hybridized carbons (Fsp3) is 0.269. The Morgan fingerprint density at radius 3 is 2.60 bits per heavy atom. The van der Waals surface area contributed by atoms with Gasteiger partial charge in [0.15, 0.2) is 16.6 Å². The van der Waals surface area contributed by atoms with Gasteiger partial charge in [-0.1, -0.05) is 31.5 Å². The first-order chi connectivity index (χ1) is 17.0. The molecule has 8 nitrogen and oxygen atoms in total. The quantitative estimate of drug-likeness (QED) is 0.194. The minimum absolute atomic E-state index is 0.0388. The van der Waals surface area contributed by atoms with Crippen LogP contribution in [-0.2, 0) is 9.59 Å². The number of hydrogen-bond acceptors (Lipinski definition) is 8. The second-order valence-corrected chi connectivity index (χ2v) is 8.70. The lowest BCUT2D eigenvalue weighted by Gasteiger charge is -2.23. The van der Waals surface area contributed by atoms with Gasteiger partial charge in [0.1, 0.15) is 11.5 Å². The predicted octanol–water partition coefficient (Wildman–Crippen LogP) is 4.97. The molecule has 0 bridgehead atoms. The lowest BCUT2D eigenvalue weighted by molar-refractivity contribution is -0.132. The number of ketones is 1. The van der Waals surface area contributed by atoms with E-state index >= 15 is 0 Å². The number of benzene rings is 2. The number of aliphatic hydroxyl groups excluding tert-OH is 1. The van der Waals surface area contributed by atoms with E-state index in [9.17, 15) is 14.7 Å². The topological polar surface area (TPSA) is 98.2 Å². The van der Waals surface area contributed by atoms with E-state index < -0.39 is 17.7 Å². The lowest BCUT2D eigenvalue weighted by atomic mass is 9.95. The van der Waals surface area contributed by atoms with E-state index in [0.29, 0.717) is 40.1 Å². The Morgan fingerprint density at radius 1 is 1.11 bits per heavy atom. The first kappa shape index (κ1) is 24.3. The Hall–Kier alpha value is -3.85. The van der Waals surface area contributed by atoms with Gasteiger partial charge in [-0.15, -0.1) is 11.3 Å². The zero-order valence-corrected chi connectivity index (χ0v) is 20.5. The van der Waals surface area contributed by atoms with Gasteiger partial charge in [-0.3, -0.25) is 14.5 Å². The Bertz CT molecular complexity index is 1250. The van der Waals surface area contributed by atoms with Crippen molar-refractivity contribution < 1.29 is 28.9 Å². The van der Waals surface area contributed by atoms with Gasteiger partial charge in [-0.2, -0.15) is 0 Å². The van der Waals surface area contributed by atoms with E-state index in [-0.39, 0.29) is 11.3 Å². The van der Waals surface area contributed by atoms with Crippen LogP contribution in [0.2, 0.25) is 0 Å². The maximum atomic E-state index is 13.3. The highest BCUT2D eigenvalue weighted by atomic mass is 32.1. The second-order valence-electron chi connectivity index (χ2n) is 7.83. The van der Waals surface area contributed by atoms with Gasteiger partial charge in [0.05, 0.1) is 32.4 Å². The van der Waals surface area contributed by atoms with Crippen molar-refractivity contribution >= 4 is 33.9 Å². The molecule has 182 valence electrons. The Balaban J connectivity index is 1.86. The maximum absolute atomic E-state index is 13.3. The summed E-state index contributed by atoms with van der Waals surface area (Å²) in [7, 11) is 3.03. The molecule has 1 aliphatic heterocycles. The Kier molecular flexibility index (Phi) is 7.36. The molecule has 1 saturated heterocycles. The zero-order valence-electron chi connectivity index (χ0n) is 19.7. The molecule has 0 aliphatic carbocycles. The second kappa shape index (κ2) is 10.6. The normalized spacial score (nSPS) is 17.0. The van der Waals surface area contributed by atoms with Crippen molar-refractivity contribution in [2.24, 2.45) is 0 Å². The van der Waals surface area contributed by atoms with Gasteiger partial charge < -0.3 is 19.3 Å². The third kappa shape index (κ3) is 4.72. The summed E-state index contributed by atoms with van der Waals surface area (Å²) in [6.45, 7) is 2.61. The van der Waals surface area contributed by atoms with Gasteiger partial charge in [0.2, 0.25) is 0 Å². The number of Topliss-reactive ketones (excluding diaryl/α,β-unsaturated/α-hetero) is 1. The molecule has 4 rings (SSSR count). The van der Waals surface area contributed by atoms with Gasteiger partial charge >= 0.3 is 5.91 Å². The van der Waals surface area contributed by atoms with Crippen LogP contribution in [0.15, 0.2) is 59.6 Å². The minimum Gasteiger partial charge on any atom is -0.507 e. The summed E-state index contributed by atoms with van der Waals surface area (Å²) in [5.74, 6) is -0.352. The molecule has 1 atom stereocenters. The number of nitrogens with zero attached hydrogens (tertiary/aromatic N) is 2. The number of thiazole rings is 1. The average Bonchev–Trinajstić information content (AvgIpc) is 3.50. The number of ether oxygens (including phenoxy) is 3. The molecule has 1 aliphatic rings. The van der Waals surface area contributed by atoms with Gasteiger partial charge in [0, 0.05) is 17.1 Å². The average molecular weight is 495 g/mol. The third-order valence-electron chi connectivity index (χ3n) is 5.67. The van der Waals surface area contributed by atoms with E-state index in [1.54, 1.807) is 54.0 Å². The van der Waals surface area contributed by atoms with Crippen molar-refractivity contribution in [2.45, 2.75) is 25.8 Å². The minimum atomic E-state index is -0.911. The van der Waals surface area contributed by atoms with Crippen molar-refractivity contribution in [3.8, 4) is 17.2 Å². The summed E-state index contributed by atoms with van der Waals surface area (Å²) in [5, 5.41) is 13.4. The number of unbranched alkanes of at least 4 members (excludes halogenated alkanes) is 1. The highest BCUT2D eigenvalue weighted by Gasteiger charge is 2.48. The molecule has 1 fully saturated rings. The molecule has 1 aromatic heterocycles. The maximum Gasteiger partial charge on any atom is 0.301 e. The monoisotopic (exact) mass is 494 g/mol. The standard InChI is InChI=1S/C26H26N2O6S/c1-4-5-12-34-18-8-6-7-17(14-18)23(29)21-22(16-9-10-19(32-2)20(15-16)33-3)28(25(31)24(21)30)26-27-11-13-35-26/h6-11,13-15,22,29H,4-5,12H2,1-3H3/b23-21+. The fourth-order valence-electron chi connectivity index (χ4n) is 3.93. The van der Waals surface area contributed by atoms with Crippen molar-refractivity contribution in [1.29, 1.82) is 0 Å². The number of carbonyl (C=O) groups excluding carboxylic acids is 2. The van der Waals surface area contributed by atoms with Gasteiger partial charge in [0.25, 0.3) is 5.78 Å². The molecule has 35 heavy (non-hydrogen) atoms. The van der Waals surface area contributed by atoms with Crippen LogP contribution in [0.1, 0.15) is 36.9 Å². The van der Waals surface area contributed by atoms with E-state index in [1.165, 1.54) is 30.5 Å². The van der Waals surface area contributed by atoms with Crippen molar-refractivity contribution in [3.05, 3.63) is 70.7 Å². The molecule has 1 unspecified atom stereocenters. The predicted molar refractivity (Wildman–Crippen MR) is 133 cm³/mol. The van der Waals surface area contributed by atoms with E-state index in [1.807, 2.05) is 0 Å². The smallest absolute Gasteiger partial charge is 0.301 e. The molecule has 2 heterocycles. The summed E-state index contributed by atoms with van der Waals surface area (Å²) < 4.78 is 16.5. The highest BCUT2D eigenvalue weighted by molar-refractivity contribution is 7.14. The summed E-state index contributed by atoms with van der Waals surface area (Å²) in [6.07, 6.45) is 3.45. The summed E-state index contributed by atoms with van der Waals surface area (Å²) >= 11 is 1.23. The van der Waals surface area contributed by atoms with Crippen LogP contribution in [0.5, 0.6) is 17.2 Å². The van der Waals surface area contributed by atoms with Crippen LogP contribution in [0.4, 0.5) is 5.13 Å². The number of methoxy groups -OCH3 is 2. The number of anilines is 1. The number of amides is 1. The largest absolute Gasteiger partial charge is 0.507 e. The molecule has 3 aromatic rings.